The van der Waals surface area contributed by atoms with E-state index in [2.05, 4.69) is 10.3 Å². The number of fused-ring (bicyclic) bond motifs is 1. The summed E-state index contributed by atoms with van der Waals surface area (Å²) in [7, 11) is 0. The molecule has 0 aliphatic heterocycles. The molecule has 2 rings (SSSR count). The quantitative estimate of drug-likeness (QED) is 0.818. The second-order valence-electron chi connectivity index (χ2n) is 5.18. The van der Waals surface area contributed by atoms with Crippen molar-refractivity contribution in [1.82, 2.24) is 14.7 Å². The monoisotopic (exact) mass is 307 g/mol. The molecule has 21 heavy (non-hydrogen) atoms. The van der Waals surface area contributed by atoms with Crippen LogP contribution >= 0.6 is 11.8 Å². The number of rotatable bonds is 7. The number of pyridine rings is 1. The van der Waals surface area contributed by atoms with Crippen LogP contribution in [0.4, 0.5) is 0 Å². The first-order valence-corrected chi connectivity index (χ1v) is 8.17. The summed E-state index contributed by atoms with van der Waals surface area (Å²) in [5, 5.41) is 11.9. The highest BCUT2D eigenvalue weighted by Gasteiger charge is 2.05. The SMILES string of the molecule is Cc1ccc2nc(CSCC(=O)NCCC(C)O)cn2c1. The number of aryl methyl sites for hydroxylation is 1. The third-order valence-electron chi connectivity index (χ3n) is 3.02. The van der Waals surface area contributed by atoms with Crippen LogP contribution in [0.2, 0.25) is 0 Å². The van der Waals surface area contributed by atoms with Gasteiger partial charge >= 0.3 is 0 Å². The van der Waals surface area contributed by atoms with Crippen molar-refractivity contribution in [3.8, 4) is 0 Å². The second kappa shape index (κ2) is 7.47. The number of nitrogens with zero attached hydrogens (tertiary/aromatic N) is 2. The van der Waals surface area contributed by atoms with Crippen molar-refractivity contribution in [3.63, 3.8) is 0 Å². The molecule has 0 saturated heterocycles. The van der Waals surface area contributed by atoms with Gasteiger partial charge in [-0.3, -0.25) is 4.79 Å². The Morgan fingerprint density at radius 2 is 2.29 bits per heavy atom. The van der Waals surface area contributed by atoms with E-state index in [4.69, 9.17) is 5.11 Å². The van der Waals surface area contributed by atoms with Crippen LogP contribution in [-0.4, -0.2) is 38.8 Å². The molecule has 1 amide bonds. The standard InChI is InChI=1S/C15H21N3O2S/c1-11-3-4-14-17-13(8-18(14)7-11)9-21-10-15(20)16-6-5-12(2)19/h3-4,7-8,12,19H,5-6,9-10H2,1-2H3,(H,16,20). The lowest BCUT2D eigenvalue weighted by atomic mass is 10.3. The zero-order chi connectivity index (χ0) is 15.2. The number of aromatic nitrogens is 2. The fourth-order valence-electron chi connectivity index (χ4n) is 1.94. The lowest BCUT2D eigenvalue weighted by molar-refractivity contribution is -0.118. The van der Waals surface area contributed by atoms with E-state index in [0.717, 1.165) is 11.3 Å². The maximum Gasteiger partial charge on any atom is 0.230 e. The summed E-state index contributed by atoms with van der Waals surface area (Å²) in [5.74, 6) is 1.12. The van der Waals surface area contributed by atoms with Crippen LogP contribution in [0.25, 0.3) is 5.65 Å². The van der Waals surface area contributed by atoms with Crippen molar-refractivity contribution in [3.05, 3.63) is 35.8 Å². The second-order valence-corrected chi connectivity index (χ2v) is 6.17. The minimum atomic E-state index is -0.376. The minimum absolute atomic E-state index is 0.000239. The highest BCUT2D eigenvalue weighted by molar-refractivity contribution is 7.99. The van der Waals surface area contributed by atoms with Gasteiger partial charge in [0.2, 0.25) is 5.91 Å². The molecular weight excluding hydrogens is 286 g/mol. The molecule has 0 aliphatic rings. The number of hydrogen-bond acceptors (Lipinski definition) is 4. The Morgan fingerprint density at radius 1 is 1.48 bits per heavy atom. The molecule has 2 heterocycles. The molecule has 0 aromatic carbocycles. The van der Waals surface area contributed by atoms with Crippen LogP contribution < -0.4 is 5.32 Å². The maximum atomic E-state index is 11.6. The van der Waals surface area contributed by atoms with Gasteiger partial charge in [0.05, 0.1) is 17.6 Å². The van der Waals surface area contributed by atoms with Gasteiger partial charge in [-0.25, -0.2) is 4.98 Å². The molecule has 0 fully saturated rings. The maximum absolute atomic E-state index is 11.6. The molecular formula is C15H21N3O2S. The molecule has 5 nitrogen and oxygen atoms in total. The lowest BCUT2D eigenvalue weighted by Gasteiger charge is -2.06. The average molecular weight is 307 g/mol. The molecule has 0 spiro atoms. The molecule has 0 bridgehead atoms. The van der Waals surface area contributed by atoms with Gasteiger partial charge in [-0.15, -0.1) is 11.8 Å². The fraction of sp³-hybridized carbons (Fsp3) is 0.467. The number of aliphatic hydroxyl groups excluding tert-OH is 1. The third kappa shape index (κ3) is 5.06. The first-order valence-electron chi connectivity index (χ1n) is 7.01. The van der Waals surface area contributed by atoms with Gasteiger partial charge in [-0.05, 0) is 31.9 Å². The van der Waals surface area contributed by atoms with Crippen molar-refractivity contribution in [2.75, 3.05) is 12.3 Å². The van der Waals surface area contributed by atoms with Gasteiger partial charge in [0.25, 0.3) is 0 Å². The number of imidazole rings is 1. The Kier molecular flexibility index (Phi) is 5.64. The van der Waals surface area contributed by atoms with E-state index in [1.165, 1.54) is 5.56 Å². The number of nitrogens with one attached hydrogen (secondary N) is 1. The van der Waals surface area contributed by atoms with Gasteiger partial charge in [0.15, 0.2) is 0 Å². The molecule has 2 aromatic rings. The highest BCUT2D eigenvalue weighted by atomic mass is 32.2. The summed E-state index contributed by atoms with van der Waals surface area (Å²) < 4.78 is 2.01. The van der Waals surface area contributed by atoms with Crippen molar-refractivity contribution < 1.29 is 9.90 Å². The van der Waals surface area contributed by atoms with Gasteiger partial charge in [-0.2, -0.15) is 0 Å². The van der Waals surface area contributed by atoms with E-state index in [1.54, 1.807) is 18.7 Å². The fourth-order valence-corrected chi connectivity index (χ4v) is 2.68. The van der Waals surface area contributed by atoms with Crippen LogP contribution in [0.15, 0.2) is 24.5 Å². The van der Waals surface area contributed by atoms with Crippen LogP contribution in [0, 0.1) is 6.92 Å². The zero-order valence-electron chi connectivity index (χ0n) is 12.4. The molecule has 2 aromatic heterocycles. The van der Waals surface area contributed by atoms with Crippen LogP contribution in [0.5, 0.6) is 0 Å². The van der Waals surface area contributed by atoms with Gasteiger partial charge in [0, 0.05) is 24.7 Å². The topological polar surface area (TPSA) is 66.6 Å². The zero-order valence-corrected chi connectivity index (χ0v) is 13.2. The van der Waals surface area contributed by atoms with E-state index in [0.29, 0.717) is 24.5 Å². The molecule has 0 radical (unpaired) electrons. The summed E-state index contributed by atoms with van der Waals surface area (Å²) in [6.45, 7) is 4.28. The Labute approximate surface area is 128 Å². The Hall–Kier alpha value is -1.53. The minimum Gasteiger partial charge on any atom is -0.393 e. The smallest absolute Gasteiger partial charge is 0.230 e. The van der Waals surface area contributed by atoms with Crippen LogP contribution in [-0.2, 0) is 10.5 Å². The summed E-state index contributed by atoms with van der Waals surface area (Å²) in [5.41, 5.74) is 3.09. The average Bonchev–Trinajstić information content (AvgIpc) is 2.80. The molecule has 0 aliphatic carbocycles. The molecule has 1 unspecified atom stereocenters. The van der Waals surface area contributed by atoms with E-state index < -0.39 is 0 Å². The lowest BCUT2D eigenvalue weighted by Crippen LogP contribution is -2.28. The van der Waals surface area contributed by atoms with Crippen molar-refractivity contribution >= 4 is 23.3 Å². The summed E-state index contributed by atoms with van der Waals surface area (Å²) >= 11 is 1.54. The molecule has 6 heteroatoms. The van der Waals surface area contributed by atoms with E-state index in [1.807, 2.05) is 35.9 Å². The predicted molar refractivity (Wildman–Crippen MR) is 85.4 cm³/mol. The number of thioether (sulfide) groups is 1. The summed E-state index contributed by atoms with van der Waals surface area (Å²) in [6.07, 6.45) is 4.25. The molecule has 1 atom stereocenters. The Balaban J connectivity index is 1.75. The first kappa shape index (κ1) is 15.9. The predicted octanol–water partition coefficient (Wildman–Crippen LogP) is 1.76. The van der Waals surface area contributed by atoms with Gasteiger partial charge < -0.3 is 14.8 Å². The Morgan fingerprint density at radius 3 is 3.05 bits per heavy atom. The summed E-state index contributed by atoms with van der Waals surface area (Å²) in [4.78, 5) is 16.1. The van der Waals surface area contributed by atoms with Crippen LogP contribution in [0.3, 0.4) is 0 Å². The van der Waals surface area contributed by atoms with Gasteiger partial charge in [-0.1, -0.05) is 6.07 Å². The van der Waals surface area contributed by atoms with Crippen molar-refractivity contribution in [2.45, 2.75) is 32.1 Å². The molecule has 0 saturated carbocycles. The van der Waals surface area contributed by atoms with Crippen molar-refractivity contribution in [1.29, 1.82) is 0 Å². The van der Waals surface area contributed by atoms with Crippen molar-refractivity contribution in [2.24, 2.45) is 0 Å². The van der Waals surface area contributed by atoms with Crippen LogP contribution in [0.1, 0.15) is 24.6 Å². The van der Waals surface area contributed by atoms with E-state index in [9.17, 15) is 4.79 Å². The number of hydrogen-bond donors (Lipinski definition) is 2. The molecule has 114 valence electrons. The molecule has 2 N–H and O–H groups in total. The Bertz CT molecular complexity index is 610. The number of carbonyl (C=O) groups excluding carboxylic acids is 1. The number of carbonyl (C=O) groups is 1. The number of aliphatic hydroxyl groups is 1. The largest absolute Gasteiger partial charge is 0.393 e. The normalized spacial score (nSPS) is 12.5. The van der Waals surface area contributed by atoms with E-state index >= 15 is 0 Å². The highest BCUT2D eigenvalue weighted by Crippen LogP contribution is 2.13. The first-order chi connectivity index (χ1) is 10.0. The summed E-state index contributed by atoms with van der Waals surface area (Å²) in [6, 6.07) is 4.03. The third-order valence-corrected chi connectivity index (χ3v) is 3.98. The van der Waals surface area contributed by atoms with E-state index in [-0.39, 0.29) is 12.0 Å². The van der Waals surface area contributed by atoms with Gasteiger partial charge in [0.1, 0.15) is 5.65 Å². The number of amides is 1.